The molecule has 0 aliphatic carbocycles. The van der Waals surface area contributed by atoms with Crippen LogP contribution >= 0.6 is 0 Å². The predicted molar refractivity (Wildman–Crippen MR) is 66.2 cm³/mol. The Labute approximate surface area is 109 Å². The van der Waals surface area contributed by atoms with Gasteiger partial charge in [-0.25, -0.2) is 13.2 Å². The summed E-state index contributed by atoms with van der Waals surface area (Å²) in [4.78, 5) is 0. The van der Waals surface area contributed by atoms with Gasteiger partial charge in [-0.2, -0.15) is 0 Å². The lowest BCUT2D eigenvalue weighted by Crippen LogP contribution is -2.05. The van der Waals surface area contributed by atoms with E-state index in [1.165, 1.54) is 12.1 Å². The van der Waals surface area contributed by atoms with Crippen molar-refractivity contribution in [3.63, 3.8) is 0 Å². The van der Waals surface area contributed by atoms with Crippen molar-refractivity contribution in [3.05, 3.63) is 70.5 Å². The van der Waals surface area contributed by atoms with Crippen LogP contribution < -0.4 is 0 Å². The Kier molecular flexibility index (Phi) is 3.90. The van der Waals surface area contributed by atoms with Crippen LogP contribution in [0, 0.1) is 24.4 Å². The number of hydrogen-bond donors (Lipinski definition) is 1. The molecule has 2 aromatic rings. The Morgan fingerprint density at radius 1 is 1.00 bits per heavy atom. The molecule has 0 bridgehead atoms. The summed E-state index contributed by atoms with van der Waals surface area (Å²) in [6.45, 7) is 1.74. The molecule has 4 heteroatoms. The second kappa shape index (κ2) is 5.45. The molecule has 1 nitrogen and oxygen atoms in total. The Morgan fingerprint density at radius 3 is 2.21 bits per heavy atom. The smallest absolute Gasteiger partial charge is 0.129 e. The lowest BCUT2D eigenvalue weighted by Gasteiger charge is -2.12. The summed E-state index contributed by atoms with van der Waals surface area (Å²) in [6.07, 6.45) is -1.18. The van der Waals surface area contributed by atoms with E-state index in [4.69, 9.17) is 0 Å². The topological polar surface area (TPSA) is 20.2 Å². The third kappa shape index (κ3) is 3.35. The number of aryl methyl sites for hydroxylation is 1. The maximum Gasteiger partial charge on any atom is 0.129 e. The third-order valence-electron chi connectivity index (χ3n) is 2.87. The van der Waals surface area contributed by atoms with Crippen molar-refractivity contribution in [2.24, 2.45) is 0 Å². The van der Waals surface area contributed by atoms with Crippen LogP contribution in [0.3, 0.4) is 0 Å². The Hall–Kier alpha value is -1.81. The first-order chi connectivity index (χ1) is 8.95. The second-order valence-electron chi connectivity index (χ2n) is 4.52. The second-order valence-corrected chi connectivity index (χ2v) is 4.52. The van der Waals surface area contributed by atoms with E-state index in [1.807, 2.05) is 0 Å². The predicted octanol–water partition coefficient (Wildman–Crippen LogP) is 3.69. The van der Waals surface area contributed by atoms with Crippen LogP contribution in [0.15, 0.2) is 36.4 Å². The molecular formula is C15H13F3O. The van der Waals surface area contributed by atoms with Gasteiger partial charge in [-0.05, 0) is 36.2 Å². The van der Waals surface area contributed by atoms with Gasteiger partial charge in [0.05, 0.1) is 6.10 Å². The summed E-state index contributed by atoms with van der Waals surface area (Å²) >= 11 is 0. The normalized spacial score (nSPS) is 12.5. The fraction of sp³-hybridized carbons (Fsp3) is 0.200. The number of hydrogen-bond acceptors (Lipinski definition) is 1. The summed E-state index contributed by atoms with van der Waals surface area (Å²) in [5.41, 5.74) is 1.14. The van der Waals surface area contributed by atoms with Crippen molar-refractivity contribution < 1.29 is 18.3 Å². The molecule has 0 fully saturated rings. The van der Waals surface area contributed by atoms with E-state index >= 15 is 0 Å². The quantitative estimate of drug-likeness (QED) is 0.898. The molecule has 0 spiro atoms. The van der Waals surface area contributed by atoms with E-state index in [1.54, 1.807) is 13.0 Å². The Balaban J connectivity index is 2.22. The molecule has 1 N–H and O–H groups in total. The van der Waals surface area contributed by atoms with Crippen molar-refractivity contribution in [2.45, 2.75) is 19.4 Å². The highest BCUT2D eigenvalue weighted by atomic mass is 19.1. The van der Waals surface area contributed by atoms with Crippen LogP contribution in [-0.4, -0.2) is 5.11 Å². The zero-order valence-corrected chi connectivity index (χ0v) is 10.3. The molecule has 1 unspecified atom stereocenters. The molecule has 2 rings (SSSR count). The van der Waals surface area contributed by atoms with E-state index in [2.05, 4.69) is 0 Å². The molecule has 0 aliphatic rings. The van der Waals surface area contributed by atoms with Gasteiger partial charge < -0.3 is 5.11 Å². The van der Waals surface area contributed by atoms with Gasteiger partial charge in [-0.3, -0.25) is 0 Å². The van der Waals surface area contributed by atoms with E-state index in [-0.39, 0.29) is 17.5 Å². The fourth-order valence-corrected chi connectivity index (χ4v) is 1.96. The van der Waals surface area contributed by atoms with E-state index in [0.29, 0.717) is 0 Å². The molecule has 0 amide bonds. The summed E-state index contributed by atoms with van der Waals surface area (Å²) in [7, 11) is 0. The van der Waals surface area contributed by atoms with Gasteiger partial charge in [-0.1, -0.05) is 12.1 Å². The largest absolute Gasteiger partial charge is 0.388 e. The van der Waals surface area contributed by atoms with Crippen LogP contribution in [0.25, 0.3) is 0 Å². The molecule has 19 heavy (non-hydrogen) atoms. The minimum absolute atomic E-state index is 0.0470. The summed E-state index contributed by atoms with van der Waals surface area (Å²) in [5, 5.41) is 9.94. The van der Waals surface area contributed by atoms with Crippen LogP contribution in [-0.2, 0) is 6.42 Å². The summed E-state index contributed by atoms with van der Waals surface area (Å²) in [6, 6.07) is 7.46. The maximum absolute atomic E-state index is 13.7. The number of halogens is 3. The molecule has 0 aliphatic heterocycles. The highest BCUT2D eigenvalue weighted by molar-refractivity contribution is 5.27. The number of rotatable bonds is 3. The third-order valence-corrected chi connectivity index (χ3v) is 2.87. The molecule has 0 heterocycles. The van der Waals surface area contributed by atoms with E-state index in [9.17, 15) is 18.3 Å². The average Bonchev–Trinajstić information content (AvgIpc) is 2.26. The van der Waals surface area contributed by atoms with Crippen molar-refractivity contribution >= 4 is 0 Å². The van der Waals surface area contributed by atoms with Crippen LogP contribution in [0.2, 0.25) is 0 Å². The molecule has 1 atom stereocenters. The van der Waals surface area contributed by atoms with Crippen LogP contribution in [0.1, 0.15) is 22.8 Å². The highest BCUT2D eigenvalue weighted by Gasteiger charge is 2.14. The lowest BCUT2D eigenvalue weighted by molar-refractivity contribution is 0.173. The molecular weight excluding hydrogens is 253 g/mol. The van der Waals surface area contributed by atoms with E-state index in [0.717, 1.165) is 23.8 Å². The first-order valence-corrected chi connectivity index (χ1v) is 5.85. The summed E-state index contributed by atoms with van der Waals surface area (Å²) < 4.78 is 39.7. The Morgan fingerprint density at radius 2 is 1.63 bits per heavy atom. The zero-order valence-electron chi connectivity index (χ0n) is 10.3. The van der Waals surface area contributed by atoms with Crippen molar-refractivity contribution in [2.75, 3.05) is 0 Å². The van der Waals surface area contributed by atoms with Gasteiger partial charge in [0.25, 0.3) is 0 Å². The zero-order chi connectivity index (χ0) is 14.0. The molecule has 0 saturated carbocycles. The number of benzene rings is 2. The average molecular weight is 266 g/mol. The van der Waals surface area contributed by atoms with Crippen molar-refractivity contribution in [3.8, 4) is 0 Å². The lowest BCUT2D eigenvalue weighted by atomic mass is 10.00. The number of aliphatic hydroxyl groups is 1. The standard InChI is InChI=1S/C15H13F3O/c1-9-2-3-13(14(18)4-9)15(19)7-10-5-11(16)8-12(17)6-10/h2-6,8,15,19H,7H2,1H3. The first-order valence-electron chi connectivity index (χ1n) is 5.85. The van der Waals surface area contributed by atoms with Crippen molar-refractivity contribution in [1.82, 2.24) is 0 Å². The van der Waals surface area contributed by atoms with Gasteiger partial charge in [0.15, 0.2) is 0 Å². The minimum Gasteiger partial charge on any atom is -0.388 e. The summed E-state index contributed by atoms with van der Waals surface area (Å²) in [5.74, 6) is -1.96. The fourth-order valence-electron chi connectivity index (χ4n) is 1.96. The van der Waals surface area contributed by atoms with Crippen molar-refractivity contribution in [1.29, 1.82) is 0 Å². The molecule has 100 valence electrons. The first kappa shape index (κ1) is 13.6. The Bertz CT molecular complexity index is 576. The van der Waals surface area contributed by atoms with Gasteiger partial charge >= 0.3 is 0 Å². The maximum atomic E-state index is 13.7. The molecule has 2 aromatic carbocycles. The number of aliphatic hydroxyl groups excluding tert-OH is 1. The molecule has 0 aromatic heterocycles. The van der Waals surface area contributed by atoms with Gasteiger partial charge in [0.2, 0.25) is 0 Å². The van der Waals surface area contributed by atoms with Crippen LogP contribution in [0.4, 0.5) is 13.2 Å². The molecule has 0 saturated heterocycles. The SMILES string of the molecule is Cc1ccc(C(O)Cc2cc(F)cc(F)c2)c(F)c1. The van der Waals surface area contributed by atoms with E-state index < -0.39 is 23.6 Å². The monoisotopic (exact) mass is 266 g/mol. The van der Waals surface area contributed by atoms with Crippen LogP contribution in [0.5, 0.6) is 0 Å². The minimum atomic E-state index is -1.14. The highest BCUT2D eigenvalue weighted by Crippen LogP contribution is 2.22. The van der Waals surface area contributed by atoms with Gasteiger partial charge in [-0.15, -0.1) is 0 Å². The van der Waals surface area contributed by atoms with Gasteiger partial charge in [0, 0.05) is 18.1 Å². The van der Waals surface area contributed by atoms with Gasteiger partial charge in [0.1, 0.15) is 17.5 Å². The molecule has 0 radical (unpaired) electrons.